The summed E-state index contributed by atoms with van der Waals surface area (Å²) in [6.07, 6.45) is 3.60. The minimum Gasteiger partial charge on any atom is -0.481 e. The zero-order chi connectivity index (χ0) is 9.84. The number of hydrogen-bond acceptors (Lipinski definition) is 2. The SMILES string of the molecule is CCCc1c(CC(=O)O)cnn1C. The molecule has 0 bridgehead atoms. The Bertz CT molecular complexity index is 305. The molecule has 1 aromatic rings. The molecule has 1 aromatic heterocycles. The van der Waals surface area contributed by atoms with Crippen molar-refractivity contribution in [1.82, 2.24) is 9.78 Å². The van der Waals surface area contributed by atoms with Gasteiger partial charge in [-0.2, -0.15) is 5.10 Å². The number of rotatable bonds is 4. The van der Waals surface area contributed by atoms with Gasteiger partial charge in [-0.3, -0.25) is 9.48 Å². The smallest absolute Gasteiger partial charge is 0.307 e. The van der Waals surface area contributed by atoms with Gasteiger partial charge in [0, 0.05) is 18.3 Å². The van der Waals surface area contributed by atoms with Gasteiger partial charge in [-0.05, 0) is 6.42 Å². The topological polar surface area (TPSA) is 55.1 Å². The molecule has 4 nitrogen and oxygen atoms in total. The third-order valence-corrected chi connectivity index (χ3v) is 1.98. The molecule has 1 N–H and O–H groups in total. The Morgan fingerprint density at radius 2 is 2.38 bits per heavy atom. The van der Waals surface area contributed by atoms with Crippen LogP contribution in [-0.2, 0) is 24.7 Å². The Morgan fingerprint density at radius 1 is 1.69 bits per heavy atom. The van der Waals surface area contributed by atoms with E-state index in [0.29, 0.717) is 0 Å². The molecule has 0 unspecified atom stereocenters. The standard InChI is InChI=1S/C9H14N2O2/c1-3-4-8-7(5-9(12)13)6-10-11(8)2/h6H,3-5H2,1-2H3,(H,12,13). The zero-order valence-electron chi connectivity index (χ0n) is 7.95. The molecular weight excluding hydrogens is 168 g/mol. The van der Waals surface area contributed by atoms with Gasteiger partial charge in [0.15, 0.2) is 0 Å². The predicted octanol–water partition coefficient (Wildman–Crippen LogP) is 1.000. The summed E-state index contributed by atoms with van der Waals surface area (Å²) in [4.78, 5) is 10.5. The number of nitrogens with zero attached hydrogens (tertiary/aromatic N) is 2. The molecule has 0 fully saturated rings. The summed E-state index contributed by atoms with van der Waals surface area (Å²) in [5.74, 6) is -0.801. The Kier molecular flexibility index (Phi) is 3.06. The van der Waals surface area contributed by atoms with Gasteiger partial charge in [0.25, 0.3) is 0 Å². The highest BCUT2D eigenvalue weighted by molar-refractivity contribution is 5.70. The van der Waals surface area contributed by atoms with Crippen LogP contribution in [0.15, 0.2) is 6.20 Å². The number of hydrogen-bond donors (Lipinski definition) is 1. The van der Waals surface area contributed by atoms with Gasteiger partial charge >= 0.3 is 5.97 Å². The molecule has 72 valence electrons. The third kappa shape index (κ3) is 2.31. The van der Waals surface area contributed by atoms with Gasteiger partial charge < -0.3 is 5.11 Å². The summed E-state index contributed by atoms with van der Waals surface area (Å²) in [7, 11) is 1.84. The molecular formula is C9H14N2O2. The number of carboxylic acids is 1. The van der Waals surface area contributed by atoms with Crippen LogP contribution >= 0.6 is 0 Å². The maximum atomic E-state index is 10.5. The lowest BCUT2D eigenvalue weighted by molar-refractivity contribution is -0.136. The molecule has 0 amide bonds. The first-order valence-corrected chi connectivity index (χ1v) is 4.36. The van der Waals surface area contributed by atoms with E-state index >= 15 is 0 Å². The molecule has 1 heterocycles. The van der Waals surface area contributed by atoms with Crippen molar-refractivity contribution in [3.05, 3.63) is 17.5 Å². The van der Waals surface area contributed by atoms with Gasteiger partial charge in [0.05, 0.1) is 12.6 Å². The van der Waals surface area contributed by atoms with Crippen LogP contribution in [0, 0.1) is 0 Å². The van der Waals surface area contributed by atoms with Crippen molar-refractivity contribution in [2.45, 2.75) is 26.2 Å². The van der Waals surface area contributed by atoms with Gasteiger partial charge in [0.1, 0.15) is 0 Å². The van der Waals surface area contributed by atoms with E-state index in [1.807, 2.05) is 7.05 Å². The zero-order valence-corrected chi connectivity index (χ0v) is 7.95. The Balaban J connectivity index is 2.86. The van der Waals surface area contributed by atoms with E-state index in [0.717, 1.165) is 24.1 Å². The highest BCUT2D eigenvalue weighted by Crippen LogP contribution is 2.10. The first-order chi connectivity index (χ1) is 6.15. The number of aryl methyl sites for hydroxylation is 1. The lowest BCUT2D eigenvalue weighted by Crippen LogP contribution is -2.04. The van der Waals surface area contributed by atoms with E-state index in [4.69, 9.17) is 5.11 Å². The first kappa shape index (κ1) is 9.77. The second kappa shape index (κ2) is 4.07. The average Bonchev–Trinajstić information content (AvgIpc) is 2.35. The molecule has 0 aromatic carbocycles. The molecule has 0 radical (unpaired) electrons. The summed E-state index contributed by atoms with van der Waals surface area (Å²) in [5.41, 5.74) is 1.86. The molecule has 0 aliphatic carbocycles. The van der Waals surface area contributed by atoms with Gasteiger partial charge in [0.2, 0.25) is 0 Å². The molecule has 0 saturated carbocycles. The monoisotopic (exact) mass is 182 g/mol. The number of aromatic nitrogens is 2. The van der Waals surface area contributed by atoms with Crippen LogP contribution in [0.25, 0.3) is 0 Å². The second-order valence-electron chi connectivity index (χ2n) is 3.06. The summed E-state index contributed by atoms with van der Waals surface area (Å²) in [6, 6.07) is 0. The highest BCUT2D eigenvalue weighted by atomic mass is 16.4. The van der Waals surface area contributed by atoms with E-state index in [-0.39, 0.29) is 6.42 Å². The van der Waals surface area contributed by atoms with Crippen LogP contribution in [0.1, 0.15) is 24.6 Å². The average molecular weight is 182 g/mol. The number of aliphatic carboxylic acids is 1. The fraction of sp³-hybridized carbons (Fsp3) is 0.556. The Labute approximate surface area is 77.2 Å². The lowest BCUT2D eigenvalue weighted by Gasteiger charge is -2.01. The van der Waals surface area contributed by atoms with Crippen molar-refractivity contribution in [1.29, 1.82) is 0 Å². The maximum Gasteiger partial charge on any atom is 0.307 e. The van der Waals surface area contributed by atoms with Gasteiger partial charge in [-0.15, -0.1) is 0 Å². The van der Waals surface area contributed by atoms with E-state index < -0.39 is 5.97 Å². The van der Waals surface area contributed by atoms with Crippen molar-refractivity contribution in [2.24, 2.45) is 7.05 Å². The summed E-state index contributed by atoms with van der Waals surface area (Å²) >= 11 is 0. The molecule has 0 aliphatic heterocycles. The number of carboxylic acid groups (broad SMARTS) is 1. The summed E-state index contributed by atoms with van der Waals surface area (Å²) < 4.78 is 1.75. The van der Waals surface area contributed by atoms with Crippen molar-refractivity contribution in [3.8, 4) is 0 Å². The highest BCUT2D eigenvalue weighted by Gasteiger charge is 2.10. The molecule has 0 aliphatic rings. The lowest BCUT2D eigenvalue weighted by atomic mass is 10.1. The van der Waals surface area contributed by atoms with E-state index in [1.165, 1.54) is 0 Å². The van der Waals surface area contributed by atoms with Gasteiger partial charge in [-0.1, -0.05) is 13.3 Å². The van der Waals surface area contributed by atoms with Crippen molar-refractivity contribution in [2.75, 3.05) is 0 Å². The Hall–Kier alpha value is -1.32. The summed E-state index contributed by atoms with van der Waals surface area (Å²) in [5, 5.41) is 12.7. The van der Waals surface area contributed by atoms with E-state index in [9.17, 15) is 4.79 Å². The maximum absolute atomic E-state index is 10.5. The quantitative estimate of drug-likeness (QED) is 0.755. The van der Waals surface area contributed by atoms with Crippen LogP contribution in [0.4, 0.5) is 0 Å². The largest absolute Gasteiger partial charge is 0.481 e. The minimum atomic E-state index is -0.801. The molecule has 0 spiro atoms. The first-order valence-electron chi connectivity index (χ1n) is 4.36. The van der Waals surface area contributed by atoms with E-state index in [2.05, 4.69) is 12.0 Å². The fourth-order valence-electron chi connectivity index (χ4n) is 1.38. The third-order valence-electron chi connectivity index (χ3n) is 1.98. The van der Waals surface area contributed by atoms with Crippen LogP contribution in [0.3, 0.4) is 0 Å². The van der Waals surface area contributed by atoms with E-state index in [1.54, 1.807) is 10.9 Å². The molecule has 0 atom stereocenters. The van der Waals surface area contributed by atoms with Crippen LogP contribution in [0.2, 0.25) is 0 Å². The summed E-state index contributed by atoms with van der Waals surface area (Å²) in [6.45, 7) is 2.07. The predicted molar refractivity (Wildman–Crippen MR) is 48.5 cm³/mol. The molecule has 1 rings (SSSR count). The van der Waals surface area contributed by atoms with Crippen molar-refractivity contribution < 1.29 is 9.90 Å². The van der Waals surface area contributed by atoms with Crippen LogP contribution < -0.4 is 0 Å². The van der Waals surface area contributed by atoms with Crippen LogP contribution in [0.5, 0.6) is 0 Å². The minimum absolute atomic E-state index is 0.0726. The Morgan fingerprint density at radius 3 is 2.92 bits per heavy atom. The van der Waals surface area contributed by atoms with Gasteiger partial charge in [-0.25, -0.2) is 0 Å². The number of carbonyl (C=O) groups is 1. The normalized spacial score (nSPS) is 10.3. The fourth-order valence-corrected chi connectivity index (χ4v) is 1.38. The molecule has 13 heavy (non-hydrogen) atoms. The van der Waals surface area contributed by atoms with Crippen molar-refractivity contribution in [3.63, 3.8) is 0 Å². The van der Waals surface area contributed by atoms with Crippen LogP contribution in [-0.4, -0.2) is 20.9 Å². The molecule has 0 saturated heterocycles. The second-order valence-corrected chi connectivity index (χ2v) is 3.06. The van der Waals surface area contributed by atoms with Crippen molar-refractivity contribution >= 4 is 5.97 Å². The molecule has 4 heteroatoms.